The first-order chi connectivity index (χ1) is 24.8. The zero-order valence-corrected chi connectivity index (χ0v) is 28.2. The fourth-order valence-electron chi connectivity index (χ4n) is 9.41. The smallest absolute Gasteiger partial charge is 0.0722 e. The fourth-order valence-corrected chi connectivity index (χ4v) is 9.41. The second-order valence-electron chi connectivity index (χ2n) is 14.2. The van der Waals surface area contributed by atoms with Gasteiger partial charge in [0.1, 0.15) is 0 Å². The topological polar surface area (TPSA) is 3.24 Å². The first-order valence-electron chi connectivity index (χ1n) is 18.2. The lowest BCUT2D eigenvalue weighted by Gasteiger charge is -2.36. The molecule has 0 N–H and O–H groups in total. The van der Waals surface area contributed by atoms with Crippen LogP contribution in [0, 0.1) is 5.92 Å². The number of fused-ring (bicyclic) bond motifs is 9. The summed E-state index contributed by atoms with van der Waals surface area (Å²) in [6.07, 6.45) is 25.4. The SMILES string of the molecule is C1=CCC(C2=CCC(N(c3ccc(-c4ccccc4)cc3)c3ccc4c(c3)C3(C5=C(CCC=C5)c5ccccc53)c3ccccc3-4)C=C2)C=C1. The number of benzene rings is 5. The zero-order chi connectivity index (χ0) is 33.1. The van der Waals surface area contributed by atoms with Crippen LogP contribution in [0.3, 0.4) is 0 Å². The molecule has 1 spiro atoms. The molecular formula is C49H39N. The third-order valence-electron chi connectivity index (χ3n) is 11.6. The number of allylic oxidation sites excluding steroid dienone is 10. The van der Waals surface area contributed by atoms with Crippen molar-refractivity contribution in [1.82, 2.24) is 0 Å². The maximum absolute atomic E-state index is 2.58. The minimum atomic E-state index is -0.316. The maximum Gasteiger partial charge on any atom is 0.0722 e. The third kappa shape index (κ3) is 4.39. The largest absolute Gasteiger partial charge is 0.334 e. The molecular weight excluding hydrogens is 603 g/mol. The number of hydrogen-bond acceptors (Lipinski definition) is 1. The molecule has 50 heavy (non-hydrogen) atoms. The van der Waals surface area contributed by atoms with E-state index in [-0.39, 0.29) is 11.5 Å². The monoisotopic (exact) mass is 641 g/mol. The van der Waals surface area contributed by atoms with Crippen LogP contribution in [0.5, 0.6) is 0 Å². The van der Waals surface area contributed by atoms with Gasteiger partial charge in [0.25, 0.3) is 0 Å². The standard InChI is InChI=1S/C49H39N/c1-3-13-34(14-4-1)36-23-27-38(28-24-36)50(39-29-25-37(26-30-39)35-15-5-2-6-16-35)40-31-32-44-43-19-9-12-22-47(43)49(48(44)33-40)45-20-10-7-17-41(45)42-18-8-11-21-46(42)49/h1-7,9-15,17,19-29,31-33,35,39H,8,16,18,30H2. The highest BCUT2D eigenvalue weighted by Crippen LogP contribution is 2.63. The average molecular weight is 642 g/mol. The summed E-state index contributed by atoms with van der Waals surface area (Å²) < 4.78 is 0. The lowest BCUT2D eigenvalue weighted by atomic mass is 9.69. The van der Waals surface area contributed by atoms with Crippen LogP contribution >= 0.6 is 0 Å². The molecule has 1 heteroatoms. The van der Waals surface area contributed by atoms with Crippen molar-refractivity contribution in [3.8, 4) is 22.3 Å². The Hall–Kier alpha value is -5.66. The second-order valence-corrected chi connectivity index (χ2v) is 14.2. The van der Waals surface area contributed by atoms with E-state index in [0.717, 1.165) is 25.7 Å². The van der Waals surface area contributed by atoms with Crippen molar-refractivity contribution in [3.05, 3.63) is 209 Å². The van der Waals surface area contributed by atoms with Crippen molar-refractivity contribution in [2.45, 2.75) is 37.1 Å². The average Bonchev–Trinajstić information content (AvgIpc) is 3.66. The van der Waals surface area contributed by atoms with Gasteiger partial charge in [-0.15, -0.1) is 0 Å². The first kappa shape index (κ1) is 29.3. The Kier molecular flexibility index (Phi) is 6.88. The van der Waals surface area contributed by atoms with Crippen LogP contribution in [-0.2, 0) is 5.41 Å². The Balaban J connectivity index is 1.14. The predicted molar refractivity (Wildman–Crippen MR) is 210 cm³/mol. The highest BCUT2D eigenvalue weighted by atomic mass is 15.2. The van der Waals surface area contributed by atoms with Crippen LogP contribution < -0.4 is 4.90 Å². The minimum Gasteiger partial charge on any atom is -0.334 e. The molecule has 0 saturated heterocycles. The highest BCUT2D eigenvalue weighted by Gasteiger charge is 2.52. The van der Waals surface area contributed by atoms with Gasteiger partial charge in [-0.1, -0.05) is 152 Å². The van der Waals surface area contributed by atoms with Crippen LogP contribution in [0.25, 0.3) is 27.8 Å². The molecule has 0 aliphatic heterocycles. The molecule has 0 aromatic heterocycles. The van der Waals surface area contributed by atoms with Crippen molar-refractivity contribution >= 4 is 16.9 Å². The van der Waals surface area contributed by atoms with E-state index in [1.165, 1.54) is 72.6 Å². The summed E-state index contributed by atoms with van der Waals surface area (Å²) in [7, 11) is 0. The lowest BCUT2D eigenvalue weighted by Crippen LogP contribution is -2.31. The number of anilines is 2. The molecule has 5 aliphatic rings. The van der Waals surface area contributed by atoms with E-state index in [9.17, 15) is 0 Å². The Labute approximate surface area is 295 Å². The van der Waals surface area contributed by atoms with E-state index >= 15 is 0 Å². The van der Waals surface area contributed by atoms with Crippen molar-refractivity contribution in [3.63, 3.8) is 0 Å². The molecule has 0 heterocycles. The summed E-state index contributed by atoms with van der Waals surface area (Å²) in [4.78, 5) is 2.58. The summed E-state index contributed by atoms with van der Waals surface area (Å²) in [6.45, 7) is 0. The summed E-state index contributed by atoms with van der Waals surface area (Å²) in [6, 6.07) is 45.8. The normalized spacial score (nSPS) is 22.3. The van der Waals surface area contributed by atoms with Gasteiger partial charge in [-0.05, 0) is 111 Å². The fraction of sp³-hybridized carbons (Fsp3) is 0.143. The van der Waals surface area contributed by atoms with Crippen LogP contribution in [0.2, 0.25) is 0 Å². The predicted octanol–water partition coefficient (Wildman–Crippen LogP) is 12.3. The van der Waals surface area contributed by atoms with Gasteiger partial charge in [-0.25, -0.2) is 0 Å². The number of hydrogen-bond donors (Lipinski definition) is 0. The summed E-state index contributed by atoms with van der Waals surface area (Å²) in [5.74, 6) is 0.461. The molecule has 1 nitrogen and oxygen atoms in total. The molecule has 3 atom stereocenters. The highest BCUT2D eigenvalue weighted by molar-refractivity contribution is 5.96. The van der Waals surface area contributed by atoms with Gasteiger partial charge >= 0.3 is 0 Å². The van der Waals surface area contributed by atoms with Gasteiger partial charge in [-0.3, -0.25) is 0 Å². The van der Waals surface area contributed by atoms with E-state index in [0.29, 0.717) is 5.92 Å². The van der Waals surface area contributed by atoms with Crippen molar-refractivity contribution < 1.29 is 0 Å². The molecule has 0 saturated carbocycles. The molecule has 0 fully saturated rings. The Morgan fingerprint density at radius 2 is 1.28 bits per heavy atom. The molecule has 0 amide bonds. The van der Waals surface area contributed by atoms with Crippen molar-refractivity contribution in [2.75, 3.05) is 4.90 Å². The van der Waals surface area contributed by atoms with Gasteiger partial charge < -0.3 is 4.90 Å². The lowest BCUT2D eigenvalue weighted by molar-refractivity contribution is 0.730. The first-order valence-corrected chi connectivity index (χ1v) is 18.2. The van der Waals surface area contributed by atoms with Gasteiger partial charge in [-0.2, -0.15) is 0 Å². The molecule has 5 aliphatic carbocycles. The van der Waals surface area contributed by atoms with E-state index in [1.807, 2.05) is 0 Å². The van der Waals surface area contributed by atoms with E-state index in [4.69, 9.17) is 0 Å². The van der Waals surface area contributed by atoms with Gasteiger partial charge in [0, 0.05) is 17.3 Å². The number of rotatable bonds is 5. The molecule has 5 aromatic rings. The Bertz CT molecular complexity index is 2330. The molecule has 5 aromatic carbocycles. The third-order valence-corrected chi connectivity index (χ3v) is 11.6. The van der Waals surface area contributed by atoms with E-state index in [2.05, 4.69) is 181 Å². The quantitative estimate of drug-likeness (QED) is 0.185. The molecule has 240 valence electrons. The van der Waals surface area contributed by atoms with Gasteiger partial charge in [0.05, 0.1) is 11.5 Å². The van der Waals surface area contributed by atoms with E-state index in [1.54, 1.807) is 0 Å². The van der Waals surface area contributed by atoms with Crippen molar-refractivity contribution in [2.24, 2.45) is 5.92 Å². The summed E-state index contributed by atoms with van der Waals surface area (Å²) in [5, 5.41) is 0. The summed E-state index contributed by atoms with van der Waals surface area (Å²) >= 11 is 0. The van der Waals surface area contributed by atoms with Crippen LogP contribution in [-0.4, -0.2) is 6.04 Å². The minimum absolute atomic E-state index is 0.197. The summed E-state index contributed by atoms with van der Waals surface area (Å²) in [5.41, 5.74) is 17.4. The Morgan fingerprint density at radius 3 is 2.06 bits per heavy atom. The Morgan fingerprint density at radius 1 is 0.560 bits per heavy atom. The van der Waals surface area contributed by atoms with Gasteiger partial charge in [0.2, 0.25) is 0 Å². The molecule has 10 rings (SSSR count). The molecule has 3 unspecified atom stereocenters. The zero-order valence-electron chi connectivity index (χ0n) is 28.2. The molecule has 0 bridgehead atoms. The van der Waals surface area contributed by atoms with Crippen LogP contribution in [0.4, 0.5) is 11.4 Å². The van der Waals surface area contributed by atoms with Gasteiger partial charge in [0.15, 0.2) is 0 Å². The number of nitrogens with zero attached hydrogens (tertiary/aromatic N) is 1. The molecule has 0 radical (unpaired) electrons. The second kappa shape index (κ2) is 11.7. The van der Waals surface area contributed by atoms with E-state index < -0.39 is 0 Å². The van der Waals surface area contributed by atoms with Crippen LogP contribution in [0.1, 0.15) is 47.9 Å². The maximum atomic E-state index is 2.58. The van der Waals surface area contributed by atoms with Crippen LogP contribution in [0.15, 0.2) is 187 Å². The van der Waals surface area contributed by atoms with Crippen molar-refractivity contribution in [1.29, 1.82) is 0 Å².